The quantitative estimate of drug-likeness (QED) is 0.713. The van der Waals surface area contributed by atoms with Crippen molar-refractivity contribution >= 4 is 11.9 Å². The summed E-state index contributed by atoms with van der Waals surface area (Å²) < 4.78 is 0. The summed E-state index contributed by atoms with van der Waals surface area (Å²) in [6.45, 7) is 0. The summed E-state index contributed by atoms with van der Waals surface area (Å²) in [5.41, 5.74) is -0.382. The molecule has 3 fully saturated rings. The lowest BCUT2D eigenvalue weighted by molar-refractivity contribution is -0.181. The third-order valence-corrected chi connectivity index (χ3v) is 4.35. The van der Waals surface area contributed by atoms with Gasteiger partial charge in [-0.2, -0.15) is 0 Å². The van der Waals surface area contributed by atoms with Gasteiger partial charge >= 0.3 is 11.9 Å². The normalized spacial score (nSPS) is 45.6. The summed E-state index contributed by atoms with van der Waals surface area (Å²) in [6, 6.07) is 0. The minimum absolute atomic E-state index is 0.177. The molecule has 0 heterocycles. The predicted octanol–water partition coefficient (Wildman–Crippen LogP) is 1.13. The smallest absolute Gasteiger partial charge is 0.331 e. The van der Waals surface area contributed by atoms with Gasteiger partial charge in [0.05, 0.1) is 5.41 Å². The minimum atomic E-state index is -0.931. The number of carboxylic acids is 2. The lowest BCUT2D eigenvalue weighted by Crippen LogP contribution is -2.61. The molecule has 15 heavy (non-hydrogen) atoms. The van der Waals surface area contributed by atoms with Crippen LogP contribution in [0.1, 0.15) is 19.3 Å². The maximum Gasteiger partial charge on any atom is 0.331 e. The van der Waals surface area contributed by atoms with E-state index in [1.807, 2.05) is 0 Å². The number of allylic oxidation sites excluding steroid dienone is 1. The van der Waals surface area contributed by atoms with Crippen molar-refractivity contribution in [2.75, 3.05) is 0 Å². The minimum Gasteiger partial charge on any atom is -0.481 e. The van der Waals surface area contributed by atoms with Crippen molar-refractivity contribution in [3.05, 3.63) is 11.6 Å². The van der Waals surface area contributed by atoms with Gasteiger partial charge in [-0.15, -0.1) is 0 Å². The van der Waals surface area contributed by atoms with E-state index in [1.54, 1.807) is 6.08 Å². The van der Waals surface area contributed by atoms with Crippen LogP contribution in [0.25, 0.3) is 0 Å². The van der Waals surface area contributed by atoms with E-state index in [2.05, 4.69) is 0 Å². The summed E-state index contributed by atoms with van der Waals surface area (Å²) >= 11 is 0. The third-order valence-electron chi connectivity index (χ3n) is 4.35. The second kappa shape index (κ2) is 2.43. The van der Waals surface area contributed by atoms with E-state index < -0.39 is 17.4 Å². The Hall–Kier alpha value is -1.32. The Morgan fingerprint density at radius 3 is 2.60 bits per heavy atom. The summed E-state index contributed by atoms with van der Waals surface area (Å²) in [4.78, 5) is 22.3. The zero-order valence-corrected chi connectivity index (χ0v) is 8.14. The van der Waals surface area contributed by atoms with Gasteiger partial charge in [0.15, 0.2) is 0 Å². The van der Waals surface area contributed by atoms with Crippen LogP contribution in [0, 0.1) is 23.2 Å². The molecule has 0 unspecified atom stereocenters. The molecule has 0 radical (unpaired) electrons. The number of aliphatic carboxylic acids is 2. The van der Waals surface area contributed by atoms with Crippen molar-refractivity contribution in [1.82, 2.24) is 0 Å². The first-order valence-corrected chi connectivity index (χ1v) is 5.23. The fraction of sp³-hybridized carbons (Fsp3) is 0.636. The van der Waals surface area contributed by atoms with Gasteiger partial charge in [-0.1, -0.05) is 6.08 Å². The fourth-order valence-corrected chi connectivity index (χ4v) is 3.92. The van der Waals surface area contributed by atoms with Crippen LogP contribution >= 0.6 is 0 Å². The van der Waals surface area contributed by atoms with Crippen molar-refractivity contribution in [1.29, 1.82) is 0 Å². The number of hydrogen-bond donors (Lipinski definition) is 2. The molecule has 0 aromatic carbocycles. The van der Waals surface area contributed by atoms with Crippen LogP contribution in [-0.4, -0.2) is 22.2 Å². The lowest BCUT2D eigenvalue weighted by Gasteiger charge is -2.61. The van der Waals surface area contributed by atoms with Crippen LogP contribution in [-0.2, 0) is 9.59 Å². The SMILES string of the molecule is O=C(O)C1=C[C@@H]2C[C@H]3C[C@@](C(=O)O)(C2)[C@@H]13. The first kappa shape index (κ1) is 8.95. The average molecular weight is 208 g/mol. The second-order valence-electron chi connectivity index (χ2n) is 5.03. The molecule has 0 aliphatic heterocycles. The summed E-state index contributed by atoms with van der Waals surface area (Å²) in [6.07, 6.45) is 4.08. The van der Waals surface area contributed by atoms with Gasteiger partial charge in [0.2, 0.25) is 0 Å². The molecule has 4 heteroatoms. The van der Waals surface area contributed by atoms with Gasteiger partial charge in [-0.25, -0.2) is 4.79 Å². The average Bonchev–Trinajstić information content (AvgIpc) is 2.16. The van der Waals surface area contributed by atoms with Gasteiger partial charge < -0.3 is 10.2 Å². The maximum atomic E-state index is 11.3. The van der Waals surface area contributed by atoms with Gasteiger partial charge in [-0.05, 0) is 31.1 Å². The van der Waals surface area contributed by atoms with Crippen LogP contribution in [0.15, 0.2) is 11.6 Å². The van der Waals surface area contributed by atoms with E-state index in [1.165, 1.54) is 0 Å². The lowest BCUT2D eigenvalue weighted by atomic mass is 9.40. The number of carboxylic acid groups (broad SMARTS) is 2. The monoisotopic (exact) mass is 208 g/mol. The Morgan fingerprint density at radius 1 is 1.33 bits per heavy atom. The first-order chi connectivity index (χ1) is 7.04. The molecule has 0 amide bonds. The first-order valence-electron chi connectivity index (χ1n) is 5.23. The zero-order valence-electron chi connectivity index (χ0n) is 8.14. The third kappa shape index (κ3) is 0.874. The molecular weight excluding hydrogens is 196 g/mol. The standard InChI is InChI=1S/C11H12O4/c12-9(13)7-2-5-1-6-4-11(3-5,8(6)7)10(14)15/h2,5-6,8H,1,3-4H2,(H,12,13)(H,14,15)/t5-,6-,8+,11-/m0/s1. The second-order valence-corrected chi connectivity index (χ2v) is 5.03. The molecule has 0 aromatic rings. The van der Waals surface area contributed by atoms with Gasteiger partial charge in [0.25, 0.3) is 0 Å². The van der Waals surface area contributed by atoms with Crippen molar-refractivity contribution < 1.29 is 19.8 Å². The fourth-order valence-electron chi connectivity index (χ4n) is 3.92. The Balaban J connectivity index is 2.06. The molecule has 5 aliphatic carbocycles. The molecule has 5 aliphatic rings. The molecule has 0 spiro atoms. The number of rotatable bonds is 2. The van der Waals surface area contributed by atoms with Gasteiger partial charge in [-0.3, -0.25) is 4.79 Å². The summed E-state index contributed by atoms with van der Waals surface area (Å²) in [5.74, 6) is -1.48. The maximum absolute atomic E-state index is 11.3. The largest absolute Gasteiger partial charge is 0.481 e. The molecular formula is C11H12O4. The van der Waals surface area contributed by atoms with Gasteiger partial charge in [0.1, 0.15) is 0 Å². The molecule has 2 N–H and O–H groups in total. The molecule has 80 valence electrons. The van der Waals surface area contributed by atoms with Crippen molar-refractivity contribution in [3.63, 3.8) is 0 Å². The predicted molar refractivity (Wildman–Crippen MR) is 50.1 cm³/mol. The van der Waals surface area contributed by atoms with Crippen LogP contribution < -0.4 is 0 Å². The highest BCUT2D eigenvalue weighted by atomic mass is 16.4. The summed E-state index contributed by atoms with van der Waals surface area (Å²) in [7, 11) is 0. The van der Waals surface area contributed by atoms with Crippen LogP contribution in [0.4, 0.5) is 0 Å². The van der Waals surface area contributed by atoms with Crippen LogP contribution in [0.3, 0.4) is 0 Å². The van der Waals surface area contributed by atoms with Crippen molar-refractivity contribution in [2.45, 2.75) is 19.3 Å². The Labute approximate surface area is 86.6 Å². The van der Waals surface area contributed by atoms with E-state index in [0.717, 1.165) is 6.42 Å². The van der Waals surface area contributed by atoms with Gasteiger partial charge in [0, 0.05) is 11.5 Å². The molecule has 4 nitrogen and oxygen atoms in total. The van der Waals surface area contributed by atoms with E-state index in [4.69, 9.17) is 5.11 Å². The van der Waals surface area contributed by atoms with Crippen molar-refractivity contribution in [2.24, 2.45) is 23.2 Å². The molecule has 3 saturated carbocycles. The Bertz CT molecular complexity index is 397. The highest BCUT2D eigenvalue weighted by Crippen LogP contribution is 2.67. The summed E-state index contributed by atoms with van der Waals surface area (Å²) in [5, 5.41) is 18.3. The Morgan fingerprint density at radius 2 is 2.07 bits per heavy atom. The topological polar surface area (TPSA) is 74.6 Å². The van der Waals surface area contributed by atoms with Crippen molar-refractivity contribution in [3.8, 4) is 0 Å². The number of hydrogen-bond acceptors (Lipinski definition) is 2. The molecule has 0 saturated heterocycles. The molecule has 4 bridgehead atoms. The molecule has 5 rings (SSSR count). The van der Waals surface area contributed by atoms with E-state index in [9.17, 15) is 14.7 Å². The molecule has 4 atom stereocenters. The molecule has 0 aromatic heterocycles. The highest BCUT2D eigenvalue weighted by molar-refractivity contribution is 5.91. The van der Waals surface area contributed by atoms with Crippen LogP contribution in [0.2, 0.25) is 0 Å². The van der Waals surface area contributed by atoms with E-state index in [-0.39, 0.29) is 11.8 Å². The zero-order chi connectivity index (χ0) is 10.8. The van der Waals surface area contributed by atoms with E-state index in [0.29, 0.717) is 24.3 Å². The van der Waals surface area contributed by atoms with Crippen LogP contribution in [0.5, 0.6) is 0 Å². The van der Waals surface area contributed by atoms with E-state index >= 15 is 0 Å². The Kier molecular flexibility index (Phi) is 1.45. The highest BCUT2D eigenvalue weighted by Gasteiger charge is 2.66. The number of carbonyl (C=O) groups is 2.